The van der Waals surface area contributed by atoms with Crippen LogP contribution in [0.2, 0.25) is 0 Å². The van der Waals surface area contributed by atoms with E-state index in [4.69, 9.17) is 9.84 Å². The number of aromatic nitrogens is 2. The average molecular weight is 392 g/mol. The lowest BCUT2D eigenvalue weighted by Crippen LogP contribution is -2.17. The van der Waals surface area contributed by atoms with Gasteiger partial charge in [-0.1, -0.05) is 29.8 Å². The maximum absolute atomic E-state index is 12.4. The normalized spacial score (nSPS) is 10.3. The molecule has 29 heavy (non-hydrogen) atoms. The molecule has 3 aromatic rings. The molecule has 8 heteroatoms. The second-order valence-electron chi connectivity index (χ2n) is 6.25. The van der Waals surface area contributed by atoms with Gasteiger partial charge in [0.1, 0.15) is 5.82 Å². The van der Waals surface area contributed by atoms with Crippen molar-refractivity contribution in [1.29, 1.82) is 0 Å². The largest absolute Gasteiger partial charge is 0.481 e. The maximum atomic E-state index is 12.4. The number of ether oxygens (including phenoxy) is 1. The zero-order valence-electron chi connectivity index (χ0n) is 16.0. The summed E-state index contributed by atoms with van der Waals surface area (Å²) in [6.45, 7) is 1.79. The molecular formula is C21H20N4O4. The number of amides is 2. The summed E-state index contributed by atoms with van der Waals surface area (Å²) < 4.78 is 5.14. The number of methoxy groups -OCH3 is 1. The molecule has 0 aliphatic heterocycles. The number of hydrogen-bond acceptors (Lipinski definition) is 6. The molecule has 8 nitrogen and oxygen atoms in total. The summed E-state index contributed by atoms with van der Waals surface area (Å²) in [6.07, 6.45) is 0. The molecule has 148 valence electrons. The molecule has 0 saturated heterocycles. The summed E-state index contributed by atoms with van der Waals surface area (Å²) in [7, 11) is 1.42. The number of aliphatic hydroxyl groups is 1. The van der Waals surface area contributed by atoms with E-state index in [1.807, 2.05) is 13.0 Å². The van der Waals surface area contributed by atoms with Gasteiger partial charge in [-0.2, -0.15) is 9.97 Å². The van der Waals surface area contributed by atoms with Crippen LogP contribution in [0.1, 0.15) is 31.8 Å². The highest BCUT2D eigenvalue weighted by Gasteiger charge is 2.13. The van der Waals surface area contributed by atoms with Gasteiger partial charge in [0.2, 0.25) is 11.8 Å². The average Bonchev–Trinajstić information content (AvgIpc) is 2.73. The molecule has 0 unspecified atom stereocenters. The Hall–Kier alpha value is -3.78. The molecule has 0 saturated carbocycles. The fourth-order valence-electron chi connectivity index (χ4n) is 2.56. The molecule has 1 heterocycles. The zero-order valence-corrected chi connectivity index (χ0v) is 16.0. The van der Waals surface area contributed by atoms with E-state index in [0.717, 1.165) is 5.56 Å². The van der Waals surface area contributed by atoms with E-state index in [0.29, 0.717) is 16.7 Å². The number of hydrogen-bond donors (Lipinski definition) is 3. The molecule has 0 atom stereocenters. The minimum atomic E-state index is -0.397. The minimum Gasteiger partial charge on any atom is -0.481 e. The van der Waals surface area contributed by atoms with Gasteiger partial charge in [0.05, 0.1) is 13.7 Å². The van der Waals surface area contributed by atoms with Gasteiger partial charge >= 0.3 is 0 Å². The summed E-state index contributed by atoms with van der Waals surface area (Å²) in [5.74, 6) is -0.412. The molecule has 1 aromatic heterocycles. The molecule has 0 bridgehead atoms. The topological polar surface area (TPSA) is 113 Å². The van der Waals surface area contributed by atoms with Crippen molar-refractivity contribution < 1.29 is 19.4 Å². The SMILES string of the molecule is COc1cc(NC(=O)c2ccc(CO)cc2)nc(NC(=O)c2cccc(C)c2)n1. The van der Waals surface area contributed by atoms with Gasteiger partial charge in [-0.3, -0.25) is 14.9 Å². The van der Waals surface area contributed by atoms with Crippen LogP contribution in [0.4, 0.5) is 11.8 Å². The zero-order chi connectivity index (χ0) is 20.8. The predicted octanol–water partition coefficient (Wildman–Crippen LogP) is 2.79. The third-order valence-electron chi connectivity index (χ3n) is 4.06. The van der Waals surface area contributed by atoms with Crippen molar-refractivity contribution in [2.45, 2.75) is 13.5 Å². The third-order valence-corrected chi connectivity index (χ3v) is 4.06. The van der Waals surface area contributed by atoms with E-state index < -0.39 is 5.91 Å². The minimum absolute atomic E-state index is 0.00165. The number of rotatable bonds is 6. The molecule has 0 radical (unpaired) electrons. The lowest BCUT2D eigenvalue weighted by Gasteiger charge is -2.10. The highest BCUT2D eigenvalue weighted by Crippen LogP contribution is 2.18. The molecule has 0 aliphatic rings. The lowest BCUT2D eigenvalue weighted by molar-refractivity contribution is 0.101. The van der Waals surface area contributed by atoms with E-state index in [1.165, 1.54) is 13.2 Å². The van der Waals surface area contributed by atoms with E-state index in [2.05, 4.69) is 20.6 Å². The Labute approximate surface area is 167 Å². The van der Waals surface area contributed by atoms with Crippen LogP contribution >= 0.6 is 0 Å². The van der Waals surface area contributed by atoms with E-state index >= 15 is 0 Å². The number of nitrogens with zero attached hydrogens (tertiary/aromatic N) is 2. The summed E-state index contributed by atoms with van der Waals surface area (Å²) in [4.78, 5) is 33.2. The Bertz CT molecular complexity index is 1040. The molecule has 0 fully saturated rings. The van der Waals surface area contributed by atoms with Crippen LogP contribution in [-0.2, 0) is 6.61 Å². The number of carbonyl (C=O) groups excluding carboxylic acids is 2. The molecule has 2 aromatic carbocycles. The quantitative estimate of drug-likeness (QED) is 0.594. The van der Waals surface area contributed by atoms with Crippen molar-refractivity contribution in [3.63, 3.8) is 0 Å². The number of benzene rings is 2. The predicted molar refractivity (Wildman–Crippen MR) is 108 cm³/mol. The first-order chi connectivity index (χ1) is 14.0. The smallest absolute Gasteiger partial charge is 0.258 e. The Kier molecular flexibility index (Phi) is 6.16. The standard InChI is InChI=1S/C21H20N4O4/c1-13-4-3-5-16(10-13)20(28)25-21-23-17(11-18(24-21)29-2)22-19(27)15-8-6-14(12-26)7-9-15/h3-11,26H,12H2,1-2H3,(H2,22,23,24,25,27,28). The highest BCUT2D eigenvalue weighted by atomic mass is 16.5. The lowest BCUT2D eigenvalue weighted by atomic mass is 10.1. The van der Waals surface area contributed by atoms with Crippen molar-refractivity contribution in [2.24, 2.45) is 0 Å². The molecular weight excluding hydrogens is 372 g/mol. The monoisotopic (exact) mass is 392 g/mol. The fraction of sp³-hybridized carbons (Fsp3) is 0.143. The summed E-state index contributed by atoms with van der Waals surface area (Å²) >= 11 is 0. The van der Waals surface area contributed by atoms with Crippen LogP contribution in [0.5, 0.6) is 5.88 Å². The number of carbonyl (C=O) groups is 2. The van der Waals surface area contributed by atoms with E-state index in [9.17, 15) is 9.59 Å². The van der Waals surface area contributed by atoms with Crippen LogP contribution in [-0.4, -0.2) is 34.0 Å². The molecule has 3 N–H and O–H groups in total. The Morgan fingerprint density at radius 2 is 1.69 bits per heavy atom. The number of aliphatic hydroxyl groups excluding tert-OH is 1. The highest BCUT2D eigenvalue weighted by molar-refractivity contribution is 6.05. The van der Waals surface area contributed by atoms with E-state index in [1.54, 1.807) is 42.5 Å². The van der Waals surface area contributed by atoms with Gasteiger partial charge in [-0.15, -0.1) is 0 Å². The van der Waals surface area contributed by atoms with Crippen LogP contribution in [0.15, 0.2) is 54.6 Å². The van der Waals surface area contributed by atoms with Crippen molar-refractivity contribution in [2.75, 3.05) is 17.7 Å². The first kappa shape index (κ1) is 20.0. The van der Waals surface area contributed by atoms with E-state index in [-0.39, 0.29) is 30.2 Å². The second kappa shape index (κ2) is 8.94. The second-order valence-corrected chi connectivity index (χ2v) is 6.25. The first-order valence-corrected chi connectivity index (χ1v) is 8.80. The van der Waals surface area contributed by atoms with Crippen molar-refractivity contribution in [3.05, 3.63) is 76.9 Å². The maximum Gasteiger partial charge on any atom is 0.258 e. The van der Waals surface area contributed by atoms with Crippen molar-refractivity contribution in [1.82, 2.24) is 9.97 Å². The number of nitrogens with one attached hydrogen (secondary N) is 2. The molecule has 0 spiro atoms. The Morgan fingerprint density at radius 1 is 0.966 bits per heavy atom. The molecule has 0 aliphatic carbocycles. The van der Waals surface area contributed by atoms with Crippen LogP contribution in [0.3, 0.4) is 0 Å². The van der Waals surface area contributed by atoms with Crippen molar-refractivity contribution >= 4 is 23.6 Å². The van der Waals surface area contributed by atoms with Gasteiger partial charge in [0.15, 0.2) is 0 Å². The van der Waals surface area contributed by atoms with Gasteiger partial charge in [-0.05, 0) is 36.8 Å². The van der Waals surface area contributed by atoms with Crippen LogP contribution < -0.4 is 15.4 Å². The Balaban J connectivity index is 1.79. The summed E-state index contributed by atoms with van der Waals surface area (Å²) in [5.41, 5.74) is 2.51. The fourth-order valence-corrected chi connectivity index (χ4v) is 2.56. The first-order valence-electron chi connectivity index (χ1n) is 8.80. The van der Waals surface area contributed by atoms with Gasteiger partial charge in [-0.25, -0.2) is 0 Å². The van der Waals surface area contributed by atoms with Gasteiger partial charge < -0.3 is 15.2 Å². The molecule has 3 rings (SSSR count). The van der Waals surface area contributed by atoms with Crippen LogP contribution in [0.25, 0.3) is 0 Å². The van der Waals surface area contributed by atoms with Gasteiger partial charge in [0.25, 0.3) is 11.8 Å². The third kappa shape index (κ3) is 5.14. The Morgan fingerprint density at radius 3 is 2.34 bits per heavy atom. The van der Waals surface area contributed by atoms with Gasteiger partial charge in [0, 0.05) is 17.2 Å². The number of aryl methyl sites for hydroxylation is 1. The van der Waals surface area contributed by atoms with Crippen LogP contribution in [0, 0.1) is 6.92 Å². The number of anilines is 2. The summed E-state index contributed by atoms with van der Waals surface area (Å²) in [6, 6.07) is 15.0. The molecule has 2 amide bonds. The summed E-state index contributed by atoms with van der Waals surface area (Å²) in [5, 5.41) is 14.4. The van der Waals surface area contributed by atoms with Crippen molar-refractivity contribution in [3.8, 4) is 5.88 Å².